The van der Waals surface area contributed by atoms with E-state index in [9.17, 15) is 14.4 Å². The van der Waals surface area contributed by atoms with Crippen molar-refractivity contribution in [1.29, 1.82) is 0 Å². The van der Waals surface area contributed by atoms with Crippen LogP contribution in [0, 0.1) is 11.8 Å². The second kappa shape index (κ2) is 5.66. The van der Waals surface area contributed by atoms with Gasteiger partial charge in [-0.25, -0.2) is 0 Å². The number of rotatable bonds is 6. The maximum absolute atomic E-state index is 12.4. The SMILES string of the molecule is O=C(O)CC(NC(=O)C1CCCN1C(=O)C1CC1)C1CC1. The lowest BCUT2D eigenvalue weighted by Crippen LogP contribution is -2.50. The highest BCUT2D eigenvalue weighted by atomic mass is 16.4. The molecule has 2 amide bonds. The van der Waals surface area contributed by atoms with Crippen molar-refractivity contribution < 1.29 is 19.5 Å². The summed E-state index contributed by atoms with van der Waals surface area (Å²) in [6.45, 7) is 0.653. The van der Waals surface area contributed by atoms with Gasteiger partial charge in [0.15, 0.2) is 0 Å². The largest absolute Gasteiger partial charge is 0.481 e. The quantitative estimate of drug-likeness (QED) is 0.757. The number of hydrogen-bond donors (Lipinski definition) is 2. The van der Waals surface area contributed by atoms with Crippen LogP contribution in [0.4, 0.5) is 0 Å². The highest BCUT2D eigenvalue weighted by molar-refractivity contribution is 5.90. The minimum Gasteiger partial charge on any atom is -0.481 e. The molecule has 0 aromatic heterocycles. The van der Waals surface area contributed by atoms with Crippen LogP contribution >= 0.6 is 0 Å². The van der Waals surface area contributed by atoms with E-state index in [0.29, 0.717) is 18.9 Å². The number of likely N-dealkylation sites (tertiary alicyclic amines) is 1. The average Bonchev–Trinajstić information content (AvgIpc) is 3.32. The van der Waals surface area contributed by atoms with Crippen LogP contribution in [-0.4, -0.2) is 46.4 Å². The van der Waals surface area contributed by atoms with Crippen LogP contribution in [0.25, 0.3) is 0 Å². The third kappa shape index (κ3) is 3.36. The highest BCUT2D eigenvalue weighted by Gasteiger charge is 2.42. The Morgan fingerprint density at radius 1 is 1.14 bits per heavy atom. The molecule has 2 unspecified atom stereocenters. The number of aliphatic carboxylic acids is 1. The second-order valence-corrected chi connectivity index (χ2v) is 6.51. The summed E-state index contributed by atoms with van der Waals surface area (Å²) in [6, 6.07) is -0.679. The fourth-order valence-electron chi connectivity index (χ4n) is 3.17. The molecule has 116 valence electrons. The number of carbonyl (C=O) groups is 3. The van der Waals surface area contributed by atoms with Crippen LogP contribution in [0.5, 0.6) is 0 Å². The van der Waals surface area contributed by atoms with Gasteiger partial charge in [-0.3, -0.25) is 14.4 Å². The Morgan fingerprint density at radius 3 is 2.43 bits per heavy atom. The normalized spacial score (nSPS) is 26.5. The molecule has 3 aliphatic rings. The first-order valence-corrected chi connectivity index (χ1v) is 7.89. The second-order valence-electron chi connectivity index (χ2n) is 6.51. The minimum absolute atomic E-state index is 0.0281. The first-order chi connectivity index (χ1) is 10.1. The van der Waals surface area contributed by atoms with E-state index in [1.165, 1.54) is 0 Å². The number of hydrogen-bond acceptors (Lipinski definition) is 3. The molecular formula is C15H22N2O4. The van der Waals surface area contributed by atoms with Crippen LogP contribution in [-0.2, 0) is 14.4 Å². The molecule has 1 aliphatic heterocycles. The van der Waals surface area contributed by atoms with Gasteiger partial charge in [0.05, 0.1) is 6.42 Å². The van der Waals surface area contributed by atoms with Gasteiger partial charge in [0, 0.05) is 18.5 Å². The number of nitrogens with zero attached hydrogens (tertiary/aromatic N) is 1. The summed E-state index contributed by atoms with van der Waals surface area (Å²) < 4.78 is 0. The predicted octanol–water partition coefficient (Wildman–Crippen LogP) is 0.757. The summed E-state index contributed by atoms with van der Waals surface area (Å²) in [6.07, 6.45) is 5.35. The van der Waals surface area contributed by atoms with Gasteiger partial charge in [0.1, 0.15) is 6.04 Å². The highest BCUT2D eigenvalue weighted by Crippen LogP contribution is 2.35. The Kier molecular flexibility index (Phi) is 3.87. The monoisotopic (exact) mass is 294 g/mol. The van der Waals surface area contributed by atoms with E-state index in [4.69, 9.17) is 5.11 Å². The van der Waals surface area contributed by atoms with Gasteiger partial charge in [0.25, 0.3) is 0 Å². The Labute approximate surface area is 123 Å². The molecule has 0 bridgehead atoms. The number of carboxylic acids is 1. The molecule has 0 spiro atoms. The van der Waals surface area contributed by atoms with Crippen LogP contribution < -0.4 is 5.32 Å². The molecule has 2 aliphatic carbocycles. The molecule has 0 aromatic rings. The van der Waals surface area contributed by atoms with Crippen molar-refractivity contribution in [1.82, 2.24) is 10.2 Å². The van der Waals surface area contributed by atoms with E-state index in [-0.39, 0.29) is 30.2 Å². The van der Waals surface area contributed by atoms with Crippen LogP contribution in [0.2, 0.25) is 0 Å². The molecule has 1 heterocycles. The molecule has 3 fully saturated rings. The lowest BCUT2D eigenvalue weighted by molar-refractivity contribution is -0.141. The molecule has 6 nitrogen and oxygen atoms in total. The van der Waals surface area contributed by atoms with Gasteiger partial charge < -0.3 is 15.3 Å². The lowest BCUT2D eigenvalue weighted by Gasteiger charge is -2.26. The smallest absolute Gasteiger partial charge is 0.305 e. The van der Waals surface area contributed by atoms with E-state index in [1.54, 1.807) is 4.90 Å². The van der Waals surface area contributed by atoms with Crippen molar-refractivity contribution in [2.24, 2.45) is 11.8 Å². The first-order valence-electron chi connectivity index (χ1n) is 7.89. The maximum Gasteiger partial charge on any atom is 0.305 e. The van der Waals surface area contributed by atoms with Crippen molar-refractivity contribution in [2.45, 2.75) is 57.0 Å². The minimum atomic E-state index is -0.885. The summed E-state index contributed by atoms with van der Waals surface area (Å²) >= 11 is 0. The van der Waals surface area contributed by atoms with Crippen molar-refractivity contribution in [3.63, 3.8) is 0 Å². The van der Waals surface area contributed by atoms with Gasteiger partial charge in [0.2, 0.25) is 11.8 Å². The molecule has 3 rings (SSSR count). The number of nitrogens with one attached hydrogen (secondary N) is 1. The zero-order valence-corrected chi connectivity index (χ0v) is 12.1. The van der Waals surface area contributed by atoms with E-state index < -0.39 is 12.0 Å². The number of carboxylic acid groups (broad SMARTS) is 1. The number of amides is 2. The van der Waals surface area contributed by atoms with Crippen molar-refractivity contribution >= 4 is 17.8 Å². The van der Waals surface area contributed by atoms with Crippen LogP contribution in [0.15, 0.2) is 0 Å². The van der Waals surface area contributed by atoms with Crippen LogP contribution in [0.1, 0.15) is 44.9 Å². The van der Waals surface area contributed by atoms with Gasteiger partial charge in [-0.2, -0.15) is 0 Å². The molecule has 2 saturated carbocycles. The summed E-state index contributed by atoms with van der Waals surface area (Å²) in [5.41, 5.74) is 0. The molecular weight excluding hydrogens is 272 g/mol. The van der Waals surface area contributed by atoms with E-state index >= 15 is 0 Å². The Hall–Kier alpha value is -1.59. The fourth-order valence-corrected chi connectivity index (χ4v) is 3.17. The van der Waals surface area contributed by atoms with E-state index in [0.717, 1.165) is 32.1 Å². The third-order valence-electron chi connectivity index (χ3n) is 4.68. The zero-order valence-electron chi connectivity index (χ0n) is 12.1. The Bertz CT molecular complexity index is 457. The molecule has 1 saturated heterocycles. The summed E-state index contributed by atoms with van der Waals surface area (Å²) in [7, 11) is 0. The predicted molar refractivity (Wildman–Crippen MR) is 74.4 cm³/mol. The molecule has 2 N–H and O–H groups in total. The van der Waals surface area contributed by atoms with E-state index in [2.05, 4.69) is 5.32 Å². The number of carbonyl (C=O) groups excluding carboxylic acids is 2. The fraction of sp³-hybridized carbons (Fsp3) is 0.800. The van der Waals surface area contributed by atoms with Gasteiger partial charge >= 0.3 is 5.97 Å². The topological polar surface area (TPSA) is 86.7 Å². The summed E-state index contributed by atoms with van der Waals surface area (Å²) in [4.78, 5) is 37.2. The first kappa shape index (κ1) is 14.4. The third-order valence-corrected chi connectivity index (χ3v) is 4.68. The molecule has 2 atom stereocenters. The van der Waals surface area contributed by atoms with E-state index in [1.807, 2.05) is 0 Å². The van der Waals surface area contributed by atoms with Crippen molar-refractivity contribution in [2.75, 3.05) is 6.54 Å². The summed E-state index contributed by atoms with van der Waals surface area (Å²) in [5.74, 6) is -0.534. The standard InChI is InChI=1S/C15H22N2O4/c18-13(19)8-11(9-3-4-9)16-14(20)12-2-1-7-17(12)15(21)10-5-6-10/h9-12H,1-8H2,(H,16,20)(H,18,19). The van der Waals surface area contributed by atoms with Gasteiger partial charge in [-0.1, -0.05) is 0 Å². The molecule has 0 radical (unpaired) electrons. The maximum atomic E-state index is 12.4. The molecule has 0 aromatic carbocycles. The Balaban J connectivity index is 1.60. The molecule has 21 heavy (non-hydrogen) atoms. The Morgan fingerprint density at radius 2 is 1.86 bits per heavy atom. The average molecular weight is 294 g/mol. The summed E-state index contributed by atoms with van der Waals surface area (Å²) in [5, 5.41) is 11.8. The van der Waals surface area contributed by atoms with Crippen molar-refractivity contribution in [3.05, 3.63) is 0 Å². The lowest BCUT2D eigenvalue weighted by atomic mass is 10.1. The van der Waals surface area contributed by atoms with Crippen LogP contribution in [0.3, 0.4) is 0 Å². The van der Waals surface area contributed by atoms with Gasteiger partial charge in [-0.15, -0.1) is 0 Å². The van der Waals surface area contributed by atoms with Crippen molar-refractivity contribution in [3.8, 4) is 0 Å². The van der Waals surface area contributed by atoms with Gasteiger partial charge in [-0.05, 0) is 44.4 Å². The zero-order chi connectivity index (χ0) is 15.0. The molecule has 6 heteroatoms.